The van der Waals surface area contributed by atoms with Gasteiger partial charge in [0.1, 0.15) is 6.61 Å². The van der Waals surface area contributed by atoms with Crippen LogP contribution in [0, 0.1) is 6.92 Å². The number of carbonyl (C=O) groups is 1. The highest BCUT2D eigenvalue weighted by molar-refractivity contribution is 6.32. The van der Waals surface area contributed by atoms with Gasteiger partial charge in [-0.15, -0.1) is 0 Å². The molecule has 1 amide bonds. The number of nitrogens with zero attached hydrogens (tertiary/aromatic N) is 3. The monoisotopic (exact) mass is 402 g/mol. The molecule has 0 aliphatic rings. The predicted molar refractivity (Wildman–Crippen MR) is 109 cm³/mol. The maximum absolute atomic E-state index is 12.9. The van der Waals surface area contributed by atoms with Crippen molar-refractivity contribution >= 4 is 34.2 Å². The zero-order chi connectivity index (χ0) is 20.3. The van der Waals surface area contributed by atoms with Crippen molar-refractivity contribution in [3.63, 3.8) is 0 Å². The van der Waals surface area contributed by atoms with Gasteiger partial charge >= 0.3 is 0 Å². The molecule has 28 heavy (non-hydrogen) atoms. The van der Waals surface area contributed by atoms with E-state index in [0.29, 0.717) is 40.9 Å². The van der Waals surface area contributed by atoms with E-state index in [2.05, 4.69) is 15.4 Å². The molecule has 2 aromatic heterocycles. The molecule has 148 valence electrons. The molecule has 1 N–H and O–H groups in total. The minimum Gasteiger partial charge on any atom is -0.487 e. The van der Waals surface area contributed by atoms with Gasteiger partial charge in [0.2, 0.25) is 0 Å². The first-order valence-electron chi connectivity index (χ1n) is 8.98. The molecule has 3 rings (SSSR count). The normalized spacial score (nSPS) is 11.2. The van der Waals surface area contributed by atoms with Crippen molar-refractivity contribution < 1.29 is 14.3 Å². The molecule has 0 aliphatic carbocycles. The second-order valence-corrected chi connectivity index (χ2v) is 7.04. The van der Waals surface area contributed by atoms with Crippen LogP contribution in [0.4, 0.5) is 5.69 Å². The van der Waals surface area contributed by atoms with Gasteiger partial charge in [-0.25, -0.2) is 9.67 Å². The van der Waals surface area contributed by atoms with Crippen LogP contribution in [-0.4, -0.2) is 41.0 Å². The smallest absolute Gasteiger partial charge is 0.257 e. The number of rotatable bonds is 7. The summed E-state index contributed by atoms with van der Waals surface area (Å²) in [4.78, 5) is 17.5. The number of benzene rings is 1. The number of fused-ring (bicyclic) bond motifs is 1. The topological polar surface area (TPSA) is 78.3 Å². The second-order valence-electron chi connectivity index (χ2n) is 6.63. The second kappa shape index (κ2) is 8.58. The number of pyridine rings is 1. The van der Waals surface area contributed by atoms with Crippen molar-refractivity contribution in [3.05, 3.63) is 46.7 Å². The van der Waals surface area contributed by atoms with Crippen molar-refractivity contribution in [3.8, 4) is 5.75 Å². The van der Waals surface area contributed by atoms with E-state index in [1.807, 2.05) is 18.5 Å². The summed E-state index contributed by atoms with van der Waals surface area (Å²) in [5.41, 5.74) is 2.34. The Bertz CT molecular complexity index is 1000. The number of amides is 1. The van der Waals surface area contributed by atoms with Crippen LogP contribution in [0.3, 0.4) is 0 Å². The van der Waals surface area contributed by atoms with Crippen molar-refractivity contribution in [1.29, 1.82) is 0 Å². The number of carbonyl (C=O) groups excluding carboxylic acids is 1. The molecule has 0 saturated carbocycles. The van der Waals surface area contributed by atoms with Crippen LogP contribution < -0.4 is 10.1 Å². The van der Waals surface area contributed by atoms with Crippen molar-refractivity contribution in [2.24, 2.45) is 0 Å². The standard InChI is InChI=1S/C20H23ClN4O3/c1-12(2)25-19-14(11-22-25)10-15(13(3)23-19)20(26)24-17-7-5-6-16(21)18(17)28-9-8-27-4/h5-7,10-12H,8-9H2,1-4H3,(H,24,26). The fourth-order valence-corrected chi connectivity index (χ4v) is 3.07. The maximum atomic E-state index is 12.9. The molecule has 8 heteroatoms. The van der Waals surface area contributed by atoms with Gasteiger partial charge in [-0.05, 0) is 39.0 Å². The molecular formula is C20H23ClN4O3. The lowest BCUT2D eigenvalue weighted by Gasteiger charge is -2.14. The number of halogens is 1. The molecule has 1 aromatic carbocycles. The summed E-state index contributed by atoms with van der Waals surface area (Å²) in [6, 6.07) is 7.18. The minimum atomic E-state index is -0.289. The Kier molecular flexibility index (Phi) is 6.16. The Morgan fingerprint density at radius 2 is 2.11 bits per heavy atom. The maximum Gasteiger partial charge on any atom is 0.257 e. The van der Waals surface area contributed by atoms with E-state index in [4.69, 9.17) is 21.1 Å². The number of hydrogen-bond donors (Lipinski definition) is 1. The molecule has 0 aliphatic heterocycles. The number of aromatic nitrogens is 3. The van der Waals surface area contributed by atoms with E-state index in [1.54, 1.807) is 44.5 Å². The third-order valence-electron chi connectivity index (χ3n) is 4.24. The van der Waals surface area contributed by atoms with Crippen LogP contribution in [0.2, 0.25) is 5.02 Å². The highest BCUT2D eigenvalue weighted by Gasteiger charge is 2.18. The van der Waals surface area contributed by atoms with Gasteiger partial charge in [0.15, 0.2) is 11.4 Å². The Morgan fingerprint density at radius 1 is 1.32 bits per heavy atom. The largest absolute Gasteiger partial charge is 0.487 e. The van der Waals surface area contributed by atoms with Crippen LogP contribution in [0.15, 0.2) is 30.5 Å². The molecule has 0 bridgehead atoms. The molecular weight excluding hydrogens is 380 g/mol. The average Bonchev–Trinajstić information content (AvgIpc) is 3.06. The number of methoxy groups -OCH3 is 1. The van der Waals surface area contributed by atoms with E-state index < -0.39 is 0 Å². The molecule has 0 atom stereocenters. The highest BCUT2D eigenvalue weighted by Crippen LogP contribution is 2.33. The van der Waals surface area contributed by atoms with Crippen LogP contribution in [0.25, 0.3) is 11.0 Å². The summed E-state index contributed by atoms with van der Waals surface area (Å²) in [7, 11) is 1.59. The number of anilines is 1. The molecule has 0 radical (unpaired) electrons. The van der Waals surface area contributed by atoms with Crippen LogP contribution >= 0.6 is 11.6 Å². The first-order valence-corrected chi connectivity index (χ1v) is 9.36. The summed E-state index contributed by atoms with van der Waals surface area (Å²) in [6.07, 6.45) is 1.72. The van der Waals surface area contributed by atoms with Crippen molar-refractivity contribution in [2.75, 3.05) is 25.6 Å². The van der Waals surface area contributed by atoms with Gasteiger partial charge in [-0.1, -0.05) is 17.7 Å². The molecule has 0 unspecified atom stereocenters. The van der Waals surface area contributed by atoms with E-state index in [0.717, 1.165) is 11.0 Å². The lowest BCUT2D eigenvalue weighted by atomic mass is 10.1. The number of para-hydroxylation sites is 1. The fraction of sp³-hybridized carbons (Fsp3) is 0.350. The summed E-state index contributed by atoms with van der Waals surface area (Å²) in [5, 5.41) is 8.46. The third-order valence-corrected chi connectivity index (χ3v) is 4.54. The molecule has 2 heterocycles. The quantitative estimate of drug-likeness (QED) is 0.597. The molecule has 0 spiro atoms. The van der Waals surface area contributed by atoms with E-state index in [-0.39, 0.29) is 11.9 Å². The van der Waals surface area contributed by atoms with E-state index in [9.17, 15) is 4.79 Å². The van der Waals surface area contributed by atoms with Crippen LogP contribution in [0.5, 0.6) is 5.75 Å². The number of hydrogen-bond acceptors (Lipinski definition) is 5. The zero-order valence-electron chi connectivity index (χ0n) is 16.3. The Hall–Kier alpha value is -2.64. The molecule has 3 aromatic rings. The summed E-state index contributed by atoms with van der Waals surface area (Å²) >= 11 is 6.24. The third kappa shape index (κ3) is 4.10. The van der Waals surface area contributed by atoms with Crippen molar-refractivity contribution in [2.45, 2.75) is 26.8 Å². The van der Waals surface area contributed by atoms with Gasteiger partial charge in [-0.3, -0.25) is 4.79 Å². The minimum absolute atomic E-state index is 0.183. The number of nitrogens with one attached hydrogen (secondary N) is 1. The highest BCUT2D eigenvalue weighted by atomic mass is 35.5. The lowest BCUT2D eigenvalue weighted by molar-refractivity contribution is 0.102. The summed E-state index contributed by atoms with van der Waals surface area (Å²) in [5.74, 6) is 0.122. The van der Waals surface area contributed by atoms with Gasteiger partial charge in [0.05, 0.1) is 34.8 Å². The first-order chi connectivity index (χ1) is 13.4. The number of ether oxygens (including phenoxy) is 2. The molecule has 0 fully saturated rings. The summed E-state index contributed by atoms with van der Waals surface area (Å²) in [6.45, 7) is 6.62. The number of aryl methyl sites for hydroxylation is 1. The molecule has 0 saturated heterocycles. The summed E-state index contributed by atoms with van der Waals surface area (Å²) < 4.78 is 12.5. The van der Waals surface area contributed by atoms with Gasteiger partial charge in [-0.2, -0.15) is 5.10 Å². The van der Waals surface area contributed by atoms with Gasteiger partial charge in [0.25, 0.3) is 5.91 Å². The fourth-order valence-electron chi connectivity index (χ4n) is 2.84. The van der Waals surface area contributed by atoms with E-state index >= 15 is 0 Å². The Balaban J connectivity index is 1.89. The Morgan fingerprint density at radius 3 is 2.82 bits per heavy atom. The van der Waals surface area contributed by atoms with Gasteiger partial charge < -0.3 is 14.8 Å². The van der Waals surface area contributed by atoms with Crippen LogP contribution in [0.1, 0.15) is 35.9 Å². The van der Waals surface area contributed by atoms with Gasteiger partial charge in [0, 0.05) is 18.5 Å². The van der Waals surface area contributed by atoms with Crippen molar-refractivity contribution in [1.82, 2.24) is 14.8 Å². The first kappa shape index (κ1) is 20.1. The predicted octanol–water partition coefficient (Wildman–Crippen LogP) is 4.25. The average molecular weight is 403 g/mol. The molecule has 7 nitrogen and oxygen atoms in total. The SMILES string of the molecule is COCCOc1c(Cl)cccc1NC(=O)c1cc2cnn(C(C)C)c2nc1C. The van der Waals surface area contributed by atoms with Crippen LogP contribution in [-0.2, 0) is 4.74 Å². The Labute approximate surface area is 168 Å². The zero-order valence-corrected chi connectivity index (χ0v) is 17.1. The lowest BCUT2D eigenvalue weighted by Crippen LogP contribution is -2.16. The van der Waals surface area contributed by atoms with E-state index in [1.165, 1.54) is 0 Å².